The third-order valence-corrected chi connectivity index (χ3v) is 2.66. The summed E-state index contributed by atoms with van der Waals surface area (Å²) in [5, 5.41) is 4.34. The Morgan fingerprint density at radius 3 is 2.47 bits per heavy atom. The van der Waals surface area contributed by atoms with Gasteiger partial charge in [0.25, 0.3) is 0 Å². The maximum absolute atomic E-state index is 5.70. The first-order valence-electron chi connectivity index (χ1n) is 5.03. The van der Waals surface area contributed by atoms with Gasteiger partial charge in [-0.25, -0.2) is 4.68 Å². The van der Waals surface area contributed by atoms with Crippen molar-refractivity contribution < 1.29 is 0 Å². The van der Waals surface area contributed by atoms with Gasteiger partial charge in [0.05, 0.1) is 17.3 Å². The van der Waals surface area contributed by atoms with Gasteiger partial charge in [-0.3, -0.25) is 0 Å². The minimum absolute atomic E-state index is 0.458. The van der Waals surface area contributed by atoms with Crippen LogP contribution in [0, 0.1) is 0 Å². The molecule has 0 atom stereocenters. The Balaban J connectivity index is 2.28. The molecule has 0 aliphatic heterocycles. The highest BCUT2D eigenvalue weighted by molar-refractivity contribution is 6.16. The van der Waals surface area contributed by atoms with Crippen LogP contribution in [0.1, 0.15) is 18.2 Å². The molecule has 2 aromatic rings. The standard InChI is InChI=1S/C12H13ClN2/c1-2-10-3-5-12(6-4-10)15-8-7-11(9-13)14-15/h3-8H,2,9H2,1H3. The first-order valence-corrected chi connectivity index (χ1v) is 5.56. The van der Waals surface area contributed by atoms with Crippen LogP contribution in [0.3, 0.4) is 0 Å². The molecular weight excluding hydrogens is 208 g/mol. The summed E-state index contributed by atoms with van der Waals surface area (Å²) in [7, 11) is 0. The van der Waals surface area contributed by atoms with E-state index >= 15 is 0 Å². The van der Waals surface area contributed by atoms with Gasteiger partial charge in [-0.15, -0.1) is 11.6 Å². The van der Waals surface area contributed by atoms with E-state index < -0.39 is 0 Å². The molecule has 1 aromatic heterocycles. The number of nitrogens with zero attached hydrogens (tertiary/aromatic N) is 2. The molecule has 15 heavy (non-hydrogen) atoms. The maximum atomic E-state index is 5.70. The van der Waals surface area contributed by atoms with E-state index in [0.29, 0.717) is 5.88 Å². The molecule has 1 heterocycles. The van der Waals surface area contributed by atoms with Crippen LogP contribution in [0.4, 0.5) is 0 Å². The van der Waals surface area contributed by atoms with Crippen molar-refractivity contribution in [3.8, 4) is 5.69 Å². The SMILES string of the molecule is CCc1ccc(-n2ccc(CCl)n2)cc1. The predicted octanol–water partition coefficient (Wildman–Crippen LogP) is 3.17. The molecule has 2 nitrogen and oxygen atoms in total. The Bertz CT molecular complexity index is 431. The van der Waals surface area contributed by atoms with Gasteiger partial charge in [-0.1, -0.05) is 19.1 Å². The van der Waals surface area contributed by atoms with Crippen LogP contribution < -0.4 is 0 Å². The van der Waals surface area contributed by atoms with Crippen LogP contribution in [0.15, 0.2) is 36.5 Å². The van der Waals surface area contributed by atoms with Gasteiger partial charge in [-0.2, -0.15) is 5.10 Å². The topological polar surface area (TPSA) is 17.8 Å². The minimum Gasteiger partial charge on any atom is -0.241 e. The quantitative estimate of drug-likeness (QED) is 0.727. The zero-order chi connectivity index (χ0) is 10.7. The van der Waals surface area contributed by atoms with Gasteiger partial charge in [0, 0.05) is 6.20 Å². The fourth-order valence-electron chi connectivity index (χ4n) is 1.46. The Hall–Kier alpha value is -1.28. The molecule has 0 spiro atoms. The van der Waals surface area contributed by atoms with Gasteiger partial charge in [0.15, 0.2) is 0 Å². The highest BCUT2D eigenvalue weighted by atomic mass is 35.5. The van der Waals surface area contributed by atoms with Gasteiger partial charge < -0.3 is 0 Å². The minimum atomic E-state index is 0.458. The maximum Gasteiger partial charge on any atom is 0.0776 e. The molecule has 0 bridgehead atoms. The lowest BCUT2D eigenvalue weighted by Gasteiger charge is -2.02. The molecule has 78 valence electrons. The number of halogens is 1. The van der Waals surface area contributed by atoms with Gasteiger partial charge in [-0.05, 0) is 30.2 Å². The molecule has 0 aliphatic carbocycles. The molecule has 0 radical (unpaired) electrons. The zero-order valence-corrected chi connectivity index (χ0v) is 9.41. The molecule has 0 fully saturated rings. The molecule has 0 aliphatic rings. The Labute approximate surface area is 94.5 Å². The number of hydrogen-bond acceptors (Lipinski definition) is 1. The zero-order valence-electron chi connectivity index (χ0n) is 8.65. The molecular formula is C12H13ClN2. The lowest BCUT2D eigenvalue weighted by molar-refractivity contribution is 0.857. The van der Waals surface area contributed by atoms with E-state index in [1.807, 2.05) is 16.9 Å². The van der Waals surface area contributed by atoms with Crippen molar-refractivity contribution in [1.29, 1.82) is 0 Å². The Morgan fingerprint density at radius 2 is 1.93 bits per heavy atom. The van der Waals surface area contributed by atoms with Gasteiger partial charge in [0.2, 0.25) is 0 Å². The fraction of sp³-hybridized carbons (Fsp3) is 0.250. The lowest BCUT2D eigenvalue weighted by Crippen LogP contribution is -1.95. The van der Waals surface area contributed by atoms with Crippen molar-refractivity contribution in [2.24, 2.45) is 0 Å². The van der Waals surface area contributed by atoms with Crippen LogP contribution in [-0.2, 0) is 12.3 Å². The van der Waals surface area contributed by atoms with Crippen molar-refractivity contribution >= 4 is 11.6 Å². The predicted molar refractivity (Wildman–Crippen MR) is 62.5 cm³/mol. The molecule has 2 rings (SSSR count). The van der Waals surface area contributed by atoms with E-state index in [9.17, 15) is 0 Å². The summed E-state index contributed by atoms with van der Waals surface area (Å²) in [5.74, 6) is 0.458. The number of rotatable bonds is 3. The second kappa shape index (κ2) is 4.49. The Morgan fingerprint density at radius 1 is 1.20 bits per heavy atom. The molecule has 3 heteroatoms. The largest absolute Gasteiger partial charge is 0.241 e. The molecule has 0 saturated carbocycles. The molecule has 0 saturated heterocycles. The van der Waals surface area contributed by atoms with E-state index in [4.69, 9.17) is 11.6 Å². The highest BCUT2D eigenvalue weighted by Gasteiger charge is 1.99. The summed E-state index contributed by atoms with van der Waals surface area (Å²) < 4.78 is 1.84. The summed E-state index contributed by atoms with van der Waals surface area (Å²) in [6.45, 7) is 2.15. The van der Waals surface area contributed by atoms with Crippen LogP contribution in [0.2, 0.25) is 0 Å². The van der Waals surface area contributed by atoms with Crippen molar-refractivity contribution in [2.75, 3.05) is 0 Å². The van der Waals surface area contributed by atoms with Crippen molar-refractivity contribution in [3.63, 3.8) is 0 Å². The van der Waals surface area contributed by atoms with Crippen LogP contribution in [-0.4, -0.2) is 9.78 Å². The number of benzene rings is 1. The first kappa shape index (κ1) is 10.2. The van der Waals surface area contributed by atoms with E-state index in [1.54, 1.807) is 0 Å². The van der Waals surface area contributed by atoms with E-state index in [1.165, 1.54) is 5.56 Å². The number of aryl methyl sites for hydroxylation is 1. The average Bonchev–Trinajstić information content (AvgIpc) is 2.78. The molecule has 0 N–H and O–H groups in total. The second-order valence-electron chi connectivity index (χ2n) is 3.41. The molecule has 0 unspecified atom stereocenters. The average molecular weight is 221 g/mol. The first-order chi connectivity index (χ1) is 7.33. The van der Waals surface area contributed by atoms with E-state index in [0.717, 1.165) is 17.8 Å². The third kappa shape index (κ3) is 2.21. The Kier molecular flexibility index (Phi) is 3.07. The van der Waals surface area contributed by atoms with E-state index in [2.05, 4.69) is 36.3 Å². The molecule has 0 amide bonds. The van der Waals surface area contributed by atoms with Crippen molar-refractivity contribution in [2.45, 2.75) is 19.2 Å². The van der Waals surface area contributed by atoms with E-state index in [-0.39, 0.29) is 0 Å². The highest BCUT2D eigenvalue weighted by Crippen LogP contribution is 2.10. The van der Waals surface area contributed by atoms with Crippen LogP contribution in [0.25, 0.3) is 5.69 Å². The molecule has 1 aromatic carbocycles. The van der Waals surface area contributed by atoms with Gasteiger partial charge in [0.1, 0.15) is 0 Å². The third-order valence-electron chi connectivity index (χ3n) is 2.39. The van der Waals surface area contributed by atoms with Crippen molar-refractivity contribution in [3.05, 3.63) is 47.8 Å². The number of hydrogen-bond donors (Lipinski definition) is 0. The van der Waals surface area contributed by atoms with Crippen molar-refractivity contribution in [1.82, 2.24) is 9.78 Å². The summed E-state index contributed by atoms with van der Waals surface area (Å²) >= 11 is 5.70. The lowest BCUT2D eigenvalue weighted by atomic mass is 10.1. The summed E-state index contributed by atoms with van der Waals surface area (Å²) in [6, 6.07) is 10.3. The van der Waals surface area contributed by atoms with Crippen LogP contribution in [0.5, 0.6) is 0 Å². The monoisotopic (exact) mass is 220 g/mol. The smallest absolute Gasteiger partial charge is 0.0776 e. The normalized spacial score (nSPS) is 10.5. The summed E-state index contributed by atoms with van der Waals surface area (Å²) in [5.41, 5.74) is 3.31. The van der Waals surface area contributed by atoms with Crippen LogP contribution >= 0.6 is 11.6 Å². The summed E-state index contributed by atoms with van der Waals surface area (Å²) in [6.07, 6.45) is 2.99. The summed E-state index contributed by atoms with van der Waals surface area (Å²) in [4.78, 5) is 0. The number of aromatic nitrogens is 2. The fourth-order valence-corrected chi connectivity index (χ4v) is 1.60. The second-order valence-corrected chi connectivity index (χ2v) is 3.67. The number of alkyl halides is 1. The van der Waals surface area contributed by atoms with Gasteiger partial charge >= 0.3 is 0 Å².